The molecule has 0 atom stereocenters. The summed E-state index contributed by atoms with van der Waals surface area (Å²) in [4.78, 5) is 6.66. The minimum Gasteiger partial charge on any atom is -0.321 e. The Morgan fingerprint density at radius 3 is 3.10 bits per heavy atom. The summed E-state index contributed by atoms with van der Waals surface area (Å²) in [6.45, 7) is 0.841. The van der Waals surface area contributed by atoms with Gasteiger partial charge in [-0.15, -0.1) is 11.3 Å². The van der Waals surface area contributed by atoms with E-state index in [2.05, 4.69) is 21.8 Å². The number of anilines is 2. The maximum Gasteiger partial charge on any atom is 0.189 e. The topological polar surface area (TPSA) is 52.0 Å². The van der Waals surface area contributed by atoms with E-state index in [1.807, 2.05) is 36.2 Å². The molecule has 1 saturated carbocycles. The van der Waals surface area contributed by atoms with Crippen LogP contribution in [0.25, 0.3) is 0 Å². The highest BCUT2D eigenvalue weighted by atomic mass is 32.1. The summed E-state index contributed by atoms with van der Waals surface area (Å²) in [6, 6.07) is 10.4. The molecule has 1 aromatic carbocycles. The first-order chi connectivity index (χ1) is 9.76. The number of hydrogen-bond donors (Lipinski definition) is 1. The fraction of sp³-hybridized carbons (Fsp3) is 0.333. The van der Waals surface area contributed by atoms with E-state index in [4.69, 9.17) is 5.26 Å². The monoisotopic (exact) mass is 284 g/mol. The number of aromatic nitrogens is 1. The molecule has 3 rings (SSSR count). The smallest absolute Gasteiger partial charge is 0.189 e. The summed E-state index contributed by atoms with van der Waals surface area (Å²) in [6.07, 6.45) is 2.58. The molecule has 0 unspecified atom stereocenters. The van der Waals surface area contributed by atoms with Crippen molar-refractivity contribution in [3.8, 4) is 6.07 Å². The van der Waals surface area contributed by atoms with Gasteiger partial charge in [0.25, 0.3) is 0 Å². The largest absolute Gasteiger partial charge is 0.321 e. The van der Waals surface area contributed by atoms with Crippen LogP contribution in [0, 0.1) is 11.3 Å². The van der Waals surface area contributed by atoms with Crippen LogP contribution < -0.4 is 10.2 Å². The van der Waals surface area contributed by atoms with Crippen molar-refractivity contribution in [1.29, 1.82) is 5.26 Å². The van der Waals surface area contributed by atoms with E-state index in [1.165, 1.54) is 12.8 Å². The molecule has 4 nitrogen and oxygen atoms in total. The minimum atomic E-state index is 0.668. The number of rotatable bonds is 5. The molecule has 1 heterocycles. The summed E-state index contributed by atoms with van der Waals surface area (Å²) in [5, 5.41) is 15.5. The summed E-state index contributed by atoms with van der Waals surface area (Å²) in [5.74, 6) is 0. The summed E-state index contributed by atoms with van der Waals surface area (Å²) in [5.41, 5.74) is 2.74. The molecule has 0 bridgehead atoms. The average Bonchev–Trinajstić information content (AvgIpc) is 3.21. The predicted octanol–water partition coefficient (Wildman–Crippen LogP) is 3.03. The van der Waals surface area contributed by atoms with Gasteiger partial charge in [-0.3, -0.25) is 0 Å². The lowest BCUT2D eigenvalue weighted by Crippen LogP contribution is -2.16. The molecule has 0 spiro atoms. The van der Waals surface area contributed by atoms with Crippen LogP contribution in [0.5, 0.6) is 0 Å². The number of thiazole rings is 1. The maximum atomic E-state index is 8.96. The van der Waals surface area contributed by atoms with E-state index in [0.29, 0.717) is 11.6 Å². The van der Waals surface area contributed by atoms with Crippen molar-refractivity contribution >= 4 is 22.2 Å². The van der Waals surface area contributed by atoms with Crippen LogP contribution in [0.2, 0.25) is 0 Å². The second-order valence-corrected chi connectivity index (χ2v) is 5.83. The molecule has 0 radical (unpaired) electrons. The molecule has 1 aromatic heterocycles. The Hall–Kier alpha value is -1.90. The number of hydrogen-bond acceptors (Lipinski definition) is 5. The lowest BCUT2D eigenvalue weighted by atomic mass is 10.2. The summed E-state index contributed by atoms with van der Waals surface area (Å²) < 4.78 is 0. The highest BCUT2D eigenvalue weighted by molar-refractivity contribution is 7.13. The normalized spacial score (nSPS) is 14.0. The first kappa shape index (κ1) is 13.1. The van der Waals surface area contributed by atoms with E-state index in [0.717, 1.165) is 23.1 Å². The third-order valence-corrected chi connectivity index (χ3v) is 4.30. The Morgan fingerprint density at radius 1 is 1.50 bits per heavy atom. The van der Waals surface area contributed by atoms with Crippen LogP contribution in [0.1, 0.15) is 24.1 Å². The third-order valence-electron chi connectivity index (χ3n) is 3.34. The maximum absolute atomic E-state index is 8.96. The molecule has 102 valence electrons. The summed E-state index contributed by atoms with van der Waals surface area (Å²) >= 11 is 1.63. The summed E-state index contributed by atoms with van der Waals surface area (Å²) in [7, 11) is 1.98. The predicted molar refractivity (Wildman–Crippen MR) is 81.2 cm³/mol. The van der Waals surface area contributed by atoms with Crippen LogP contribution in [0.4, 0.5) is 10.8 Å². The van der Waals surface area contributed by atoms with Gasteiger partial charge in [-0.1, -0.05) is 6.07 Å². The van der Waals surface area contributed by atoms with Gasteiger partial charge in [0.2, 0.25) is 0 Å². The van der Waals surface area contributed by atoms with Crippen molar-refractivity contribution < 1.29 is 0 Å². The fourth-order valence-corrected chi connectivity index (χ4v) is 2.77. The molecule has 0 aliphatic heterocycles. The molecule has 0 saturated heterocycles. The molecule has 5 heteroatoms. The number of nitriles is 1. The van der Waals surface area contributed by atoms with Crippen LogP contribution >= 0.6 is 11.3 Å². The van der Waals surface area contributed by atoms with Crippen molar-refractivity contribution in [3.63, 3.8) is 0 Å². The lowest BCUT2D eigenvalue weighted by molar-refractivity contribution is 0.677. The van der Waals surface area contributed by atoms with Crippen molar-refractivity contribution in [1.82, 2.24) is 10.3 Å². The Labute approximate surface area is 122 Å². The molecule has 1 N–H and O–H groups in total. The average molecular weight is 284 g/mol. The number of benzene rings is 1. The zero-order valence-electron chi connectivity index (χ0n) is 11.3. The Bertz CT molecular complexity index is 639. The van der Waals surface area contributed by atoms with Gasteiger partial charge in [-0.05, 0) is 31.0 Å². The molecule has 2 aromatic rings. The highest BCUT2D eigenvalue weighted by Crippen LogP contribution is 2.28. The van der Waals surface area contributed by atoms with Crippen molar-refractivity contribution in [2.45, 2.75) is 25.4 Å². The van der Waals surface area contributed by atoms with Gasteiger partial charge in [0.05, 0.1) is 17.3 Å². The molecule has 1 aliphatic carbocycles. The fourth-order valence-electron chi connectivity index (χ4n) is 1.96. The van der Waals surface area contributed by atoms with Gasteiger partial charge in [0.1, 0.15) is 0 Å². The molecular formula is C15H16N4S. The van der Waals surface area contributed by atoms with Gasteiger partial charge in [-0.2, -0.15) is 5.26 Å². The highest BCUT2D eigenvalue weighted by Gasteiger charge is 2.20. The zero-order chi connectivity index (χ0) is 13.9. The molecule has 1 aliphatic rings. The lowest BCUT2D eigenvalue weighted by Gasteiger charge is -2.15. The molecule has 1 fully saturated rings. The second kappa shape index (κ2) is 5.61. The van der Waals surface area contributed by atoms with E-state index in [-0.39, 0.29) is 0 Å². The van der Waals surface area contributed by atoms with Crippen molar-refractivity contribution in [3.05, 3.63) is 40.9 Å². The first-order valence-corrected chi connectivity index (χ1v) is 7.56. The van der Waals surface area contributed by atoms with Gasteiger partial charge in [0, 0.05) is 30.7 Å². The zero-order valence-corrected chi connectivity index (χ0v) is 12.2. The number of nitrogens with zero attached hydrogens (tertiary/aromatic N) is 3. The van der Waals surface area contributed by atoms with E-state index >= 15 is 0 Å². The molecule has 20 heavy (non-hydrogen) atoms. The van der Waals surface area contributed by atoms with Gasteiger partial charge < -0.3 is 10.2 Å². The van der Waals surface area contributed by atoms with Crippen LogP contribution in [-0.4, -0.2) is 18.1 Å². The van der Waals surface area contributed by atoms with Gasteiger partial charge >= 0.3 is 0 Å². The van der Waals surface area contributed by atoms with E-state index in [1.54, 1.807) is 11.3 Å². The van der Waals surface area contributed by atoms with Crippen LogP contribution in [0.3, 0.4) is 0 Å². The molecule has 0 amide bonds. The Balaban J connectivity index is 1.72. The van der Waals surface area contributed by atoms with E-state index < -0.39 is 0 Å². The standard InChI is InChI=1S/C15H16N4S/c1-19(14-4-2-3-11(7-14)8-16)15-18-13(10-20-15)9-17-12-5-6-12/h2-4,7,10,12,17H,5-6,9H2,1H3. The van der Waals surface area contributed by atoms with Gasteiger partial charge in [0.15, 0.2) is 5.13 Å². The first-order valence-electron chi connectivity index (χ1n) is 6.68. The minimum absolute atomic E-state index is 0.668. The van der Waals surface area contributed by atoms with Gasteiger partial charge in [-0.25, -0.2) is 4.98 Å². The quantitative estimate of drug-likeness (QED) is 0.917. The number of nitrogens with one attached hydrogen (secondary N) is 1. The third kappa shape index (κ3) is 2.98. The van der Waals surface area contributed by atoms with Crippen LogP contribution in [-0.2, 0) is 6.54 Å². The SMILES string of the molecule is CN(c1cccc(C#N)c1)c1nc(CNC2CC2)cs1. The Kier molecular flexibility index (Phi) is 3.68. The second-order valence-electron chi connectivity index (χ2n) is 5.00. The van der Waals surface area contributed by atoms with Crippen molar-refractivity contribution in [2.75, 3.05) is 11.9 Å². The van der Waals surface area contributed by atoms with Crippen molar-refractivity contribution in [2.24, 2.45) is 0 Å². The van der Waals surface area contributed by atoms with Crippen LogP contribution in [0.15, 0.2) is 29.6 Å². The Morgan fingerprint density at radius 2 is 2.35 bits per heavy atom. The van der Waals surface area contributed by atoms with E-state index in [9.17, 15) is 0 Å². The molecular weight excluding hydrogens is 268 g/mol.